The van der Waals surface area contributed by atoms with Crippen LogP contribution >= 0.6 is 0 Å². The number of carbonyl (C=O) groups excluding carboxylic acids is 1. The zero-order chi connectivity index (χ0) is 16.6. The molecule has 0 radical (unpaired) electrons. The largest absolute Gasteiger partial charge is 0.469 e. The average Bonchev–Trinajstić information content (AvgIpc) is 3.07. The van der Waals surface area contributed by atoms with Gasteiger partial charge in [-0.3, -0.25) is 9.36 Å². The molecule has 0 saturated carbocycles. The first-order chi connectivity index (χ1) is 11.0. The Labute approximate surface area is 133 Å². The van der Waals surface area contributed by atoms with Gasteiger partial charge in [0.05, 0.1) is 17.3 Å². The van der Waals surface area contributed by atoms with E-state index in [2.05, 4.69) is 4.98 Å². The van der Waals surface area contributed by atoms with Crippen molar-refractivity contribution in [3.8, 4) is 0 Å². The third-order valence-electron chi connectivity index (χ3n) is 4.06. The van der Waals surface area contributed by atoms with Crippen molar-refractivity contribution in [1.82, 2.24) is 14.5 Å². The fourth-order valence-electron chi connectivity index (χ4n) is 2.73. The van der Waals surface area contributed by atoms with E-state index in [-0.39, 0.29) is 11.6 Å². The van der Waals surface area contributed by atoms with Gasteiger partial charge in [0.15, 0.2) is 0 Å². The highest BCUT2D eigenvalue weighted by Crippen LogP contribution is 2.16. The minimum Gasteiger partial charge on any atom is -0.469 e. The van der Waals surface area contributed by atoms with Crippen LogP contribution in [0.3, 0.4) is 0 Å². The number of aryl methyl sites for hydroxylation is 2. The second-order valence-electron chi connectivity index (χ2n) is 5.57. The summed E-state index contributed by atoms with van der Waals surface area (Å²) in [5, 5.41) is 0. The number of rotatable bonds is 4. The molecule has 3 rings (SSSR count). The Morgan fingerprint density at radius 2 is 2.13 bits per heavy atom. The molecule has 0 aliphatic rings. The highest BCUT2D eigenvalue weighted by atomic mass is 16.3. The van der Waals surface area contributed by atoms with Crippen molar-refractivity contribution >= 4 is 16.9 Å². The van der Waals surface area contributed by atoms with Gasteiger partial charge in [-0.2, -0.15) is 0 Å². The smallest absolute Gasteiger partial charge is 0.326 e. The number of fused-ring (bicyclic) bond motifs is 1. The van der Waals surface area contributed by atoms with Crippen LogP contribution in [0.15, 0.2) is 39.7 Å². The maximum absolute atomic E-state index is 12.6. The van der Waals surface area contributed by atoms with Crippen LogP contribution in [-0.4, -0.2) is 27.4 Å². The van der Waals surface area contributed by atoms with Crippen LogP contribution in [0, 0.1) is 6.92 Å². The summed E-state index contributed by atoms with van der Waals surface area (Å²) in [5.74, 6) is 0.710. The number of furan rings is 1. The molecule has 0 spiro atoms. The molecule has 1 N–H and O–H groups in total. The number of benzene rings is 1. The van der Waals surface area contributed by atoms with E-state index in [0.29, 0.717) is 24.2 Å². The zero-order valence-electron chi connectivity index (χ0n) is 13.4. The number of H-pyrrole nitrogens is 1. The quantitative estimate of drug-likeness (QED) is 0.804. The van der Waals surface area contributed by atoms with Crippen molar-refractivity contribution in [3.63, 3.8) is 0 Å². The van der Waals surface area contributed by atoms with E-state index in [1.807, 2.05) is 19.9 Å². The van der Waals surface area contributed by atoms with Gasteiger partial charge in [0.2, 0.25) is 0 Å². The lowest BCUT2D eigenvalue weighted by molar-refractivity contribution is 0.0785. The minimum absolute atomic E-state index is 0.0994. The van der Waals surface area contributed by atoms with Crippen molar-refractivity contribution in [2.75, 3.05) is 7.05 Å². The molecule has 3 aromatic rings. The molecule has 0 aliphatic heterocycles. The molecule has 0 aliphatic carbocycles. The highest BCUT2D eigenvalue weighted by molar-refractivity contribution is 5.97. The normalized spacial score (nSPS) is 11.1. The monoisotopic (exact) mass is 313 g/mol. The van der Waals surface area contributed by atoms with Gasteiger partial charge in [0.1, 0.15) is 5.76 Å². The predicted octanol–water partition coefficient (Wildman–Crippen LogP) is 2.52. The van der Waals surface area contributed by atoms with Gasteiger partial charge in [-0.05, 0) is 38.1 Å². The Hall–Kier alpha value is -2.76. The molecule has 0 atom stereocenters. The number of aromatic nitrogens is 2. The van der Waals surface area contributed by atoms with Crippen molar-refractivity contribution in [2.45, 2.75) is 26.9 Å². The van der Waals surface area contributed by atoms with Crippen LogP contribution in [0.4, 0.5) is 0 Å². The SMILES string of the molecule is CCn1c(=O)[nH]c2cc(C(=O)N(C)Cc3ccoc3C)ccc21. The van der Waals surface area contributed by atoms with E-state index in [4.69, 9.17) is 4.42 Å². The number of carbonyl (C=O) groups is 1. The van der Waals surface area contributed by atoms with E-state index >= 15 is 0 Å². The summed E-state index contributed by atoms with van der Waals surface area (Å²) in [5.41, 5.74) is 2.85. The van der Waals surface area contributed by atoms with Gasteiger partial charge in [-0.15, -0.1) is 0 Å². The molecular formula is C17H19N3O3. The molecule has 1 aromatic carbocycles. The van der Waals surface area contributed by atoms with Crippen molar-refractivity contribution < 1.29 is 9.21 Å². The van der Waals surface area contributed by atoms with E-state index in [0.717, 1.165) is 16.8 Å². The molecule has 6 heteroatoms. The molecule has 2 heterocycles. The Morgan fingerprint density at radius 1 is 1.35 bits per heavy atom. The van der Waals surface area contributed by atoms with Gasteiger partial charge in [0, 0.05) is 31.3 Å². The molecule has 23 heavy (non-hydrogen) atoms. The first-order valence-electron chi connectivity index (χ1n) is 7.52. The number of hydrogen-bond acceptors (Lipinski definition) is 3. The molecule has 2 aromatic heterocycles. The van der Waals surface area contributed by atoms with Gasteiger partial charge in [0.25, 0.3) is 5.91 Å². The zero-order valence-corrected chi connectivity index (χ0v) is 13.4. The van der Waals surface area contributed by atoms with E-state index in [9.17, 15) is 9.59 Å². The molecule has 0 fully saturated rings. The van der Waals surface area contributed by atoms with Crippen molar-refractivity contribution in [1.29, 1.82) is 0 Å². The third-order valence-corrected chi connectivity index (χ3v) is 4.06. The Bertz CT molecular complexity index is 917. The van der Waals surface area contributed by atoms with Crippen molar-refractivity contribution in [3.05, 3.63) is 57.9 Å². The Morgan fingerprint density at radius 3 is 2.78 bits per heavy atom. The first-order valence-corrected chi connectivity index (χ1v) is 7.52. The van der Waals surface area contributed by atoms with Crippen LogP contribution in [0.1, 0.15) is 28.6 Å². The lowest BCUT2D eigenvalue weighted by atomic mass is 10.1. The summed E-state index contributed by atoms with van der Waals surface area (Å²) in [7, 11) is 1.75. The van der Waals surface area contributed by atoms with Crippen LogP contribution in [0.5, 0.6) is 0 Å². The predicted molar refractivity (Wildman–Crippen MR) is 87.5 cm³/mol. The van der Waals surface area contributed by atoms with Gasteiger partial charge >= 0.3 is 5.69 Å². The molecular weight excluding hydrogens is 294 g/mol. The van der Waals surface area contributed by atoms with Crippen LogP contribution in [0.2, 0.25) is 0 Å². The lowest BCUT2D eigenvalue weighted by Crippen LogP contribution is -2.26. The maximum atomic E-state index is 12.6. The standard InChI is InChI=1S/C17H19N3O3/c1-4-20-15-6-5-12(9-14(15)18-17(20)22)16(21)19(3)10-13-7-8-23-11(13)2/h5-9H,4,10H2,1-3H3,(H,18,22). The van der Waals surface area contributed by atoms with Gasteiger partial charge in [-0.25, -0.2) is 4.79 Å². The number of amides is 1. The number of nitrogens with one attached hydrogen (secondary N) is 1. The number of aromatic amines is 1. The molecule has 0 saturated heterocycles. The van der Waals surface area contributed by atoms with Crippen LogP contribution in [0.25, 0.3) is 11.0 Å². The summed E-state index contributed by atoms with van der Waals surface area (Å²) in [4.78, 5) is 28.8. The summed E-state index contributed by atoms with van der Waals surface area (Å²) in [6.45, 7) is 4.85. The van der Waals surface area contributed by atoms with Crippen molar-refractivity contribution in [2.24, 2.45) is 0 Å². The fraction of sp³-hybridized carbons (Fsp3) is 0.294. The maximum Gasteiger partial charge on any atom is 0.326 e. The topological polar surface area (TPSA) is 71.2 Å². The Balaban J connectivity index is 1.88. The molecule has 0 unspecified atom stereocenters. The summed E-state index contributed by atoms with van der Waals surface area (Å²) in [6.07, 6.45) is 1.62. The van der Waals surface area contributed by atoms with Gasteiger partial charge in [-0.1, -0.05) is 0 Å². The second kappa shape index (κ2) is 5.79. The third kappa shape index (κ3) is 2.67. The molecule has 0 bridgehead atoms. The van der Waals surface area contributed by atoms with E-state index < -0.39 is 0 Å². The number of imidazole rings is 1. The van der Waals surface area contributed by atoms with E-state index in [1.54, 1.807) is 41.0 Å². The molecule has 1 amide bonds. The Kier molecular flexibility index (Phi) is 3.82. The number of hydrogen-bond donors (Lipinski definition) is 1. The van der Waals surface area contributed by atoms with Gasteiger partial charge < -0.3 is 14.3 Å². The number of nitrogens with zero attached hydrogens (tertiary/aromatic N) is 2. The molecule has 6 nitrogen and oxygen atoms in total. The molecule has 120 valence electrons. The highest BCUT2D eigenvalue weighted by Gasteiger charge is 2.15. The van der Waals surface area contributed by atoms with E-state index in [1.165, 1.54) is 0 Å². The summed E-state index contributed by atoms with van der Waals surface area (Å²) in [6, 6.07) is 7.15. The average molecular weight is 313 g/mol. The van der Waals surface area contributed by atoms with Crippen LogP contribution < -0.4 is 5.69 Å². The fourth-order valence-corrected chi connectivity index (χ4v) is 2.73. The minimum atomic E-state index is -0.158. The first kappa shape index (κ1) is 15.1. The summed E-state index contributed by atoms with van der Waals surface area (Å²) < 4.78 is 6.90. The van der Waals surface area contributed by atoms with Crippen LogP contribution in [-0.2, 0) is 13.1 Å². The lowest BCUT2D eigenvalue weighted by Gasteiger charge is -2.17. The second-order valence-corrected chi connectivity index (χ2v) is 5.57. The summed E-state index contributed by atoms with van der Waals surface area (Å²) >= 11 is 0.